The summed E-state index contributed by atoms with van der Waals surface area (Å²) >= 11 is 0. The van der Waals surface area contributed by atoms with Crippen LogP contribution < -0.4 is 5.32 Å². The van der Waals surface area contributed by atoms with Crippen molar-refractivity contribution in [2.45, 2.75) is 80.1 Å². The molecule has 0 spiro atoms. The van der Waals surface area contributed by atoms with E-state index in [1.807, 2.05) is 0 Å². The molecule has 0 aromatic heterocycles. The summed E-state index contributed by atoms with van der Waals surface area (Å²) < 4.78 is 0. The van der Waals surface area contributed by atoms with Gasteiger partial charge in [0.05, 0.1) is 0 Å². The van der Waals surface area contributed by atoms with Crippen molar-refractivity contribution in [1.82, 2.24) is 5.32 Å². The number of hydrogen-bond acceptors (Lipinski definition) is 1. The van der Waals surface area contributed by atoms with Crippen LogP contribution in [0, 0.1) is 35.5 Å². The standard InChI is InChI=1S/C20H41N/c1-7-8-17(6)11-20-12-18(16(4)5)9-10-19(20)14-21-13-15(2)3/h15-21H,7-14H2,1-6H3. The Morgan fingerprint density at radius 3 is 2.29 bits per heavy atom. The molecule has 126 valence electrons. The molecule has 0 amide bonds. The molecule has 21 heavy (non-hydrogen) atoms. The van der Waals surface area contributed by atoms with Crippen molar-refractivity contribution < 1.29 is 0 Å². The van der Waals surface area contributed by atoms with Crippen LogP contribution in [0.1, 0.15) is 80.1 Å². The molecule has 4 atom stereocenters. The van der Waals surface area contributed by atoms with E-state index in [1.165, 1.54) is 51.6 Å². The Hall–Kier alpha value is -0.0400. The smallest absolute Gasteiger partial charge is 0.00178 e. The van der Waals surface area contributed by atoms with E-state index in [0.29, 0.717) is 0 Å². The van der Waals surface area contributed by atoms with Crippen LogP contribution in [0.5, 0.6) is 0 Å². The Bertz CT molecular complexity index is 257. The lowest BCUT2D eigenvalue weighted by Crippen LogP contribution is -2.36. The van der Waals surface area contributed by atoms with Crippen molar-refractivity contribution in [2.75, 3.05) is 13.1 Å². The minimum atomic E-state index is 0.773. The molecule has 0 bridgehead atoms. The van der Waals surface area contributed by atoms with Crippen LogP contribution in [0.3, 0.4) is 0 Å². The third-order valence-corrected chi connectivity index (χ3v) is 5.57. The lowest BCUT2D eigenvalue weighted by Gasteiger charge is -2.39. The topological polar surface area (TPSA) is 12.0 Å². The Kier molecular flexibility index (Phi) is 8.94. The van der Waals surface area contributed by atoms with Crippen LogP contribution in [0.2, 0.25) is 0 Å². The molecular formula is C20H41N. The summed E-state index contributed by atoms with van der Waals surface area (Å²) in [6, 6.07) is 0. The summed E-state index contributed by atoms with van der Waals surface area (Å²) in [6.45, 7) is 16.7. The second kappa shape index (κ2) is 9.87. The van der Waals surface area contributed by atoms with Gasteiger partial charge < -0.3 is 5.32 Å². The Morgan fingerprint density at radius 2 is 1.71 bits per heavy atom. The maximum Gasteiger partial charge on any atom is -0.00178 e. The highest BCUT2D eigenvalue weighted by atomic mass is 14.9. The average Bonchev–Trinajstić information content (AvgIpc) is 2.40. The maximum atomic E-state index is 3.73. The first-order chi connectivity index (χ1) is 9.93. The monoisotopic (exact) mass is 295 g/mol. The molecule has 1 saturated carbocycles. The van der Waals surface area contributed by atoms with E-state index in [-0.39, 0.29) is 0 Å². The van der Waals surface area contributed by atoms with Crippen LogP contribution >= 0.6 is 0 Å². The first-order valence-electron chi connectivity index (χ1n) is 9.64. The molecule has 0 heterocycles. The Balaban J connectivity index is 2.52. The van der Waals surface area contributed by atoms with Crippen LogP contribution in [-0.4, -0.2) is 13.1 Å². The van der Waals surface area contributed by atoms with Crippen molar-refractivity contribution in [3.63, 3.8) is 0 Å². The molecule has 0 aliphatic heterocycles. The van der Waals surface area contributed by atoms with E-state index in [2.05, 4.69) is 46.9 Å². The van der Waals surface area contributed by atoms with Gasteiger partial charge in [0.15, 0.2) is 0 Å². The van der Waals surface area contributed by atoms with Crippen LogP contribution in [0.25, 0.3) is 0 Å². The SMILES string of the molecule is CCCC(C)CC1CC(C(C)C)CCC1CNCC(C)C. The van der Waals surface area contributed by atoms with E-state index < -0.39 is 0 Å². The van der Waals surface area contributed by atoms with Gasteiger partial charge in [-0.25, -0.2) is 0 Å². The normalized spacial score (nSPS) is 28.3. The summed E-state index contributed by atoms with van der Waals surface area (Å²) in [5, 5.41) is 3.73. The molecule has 1 fully saturated rings. The highest BCUT2D eigenvalue weighted by Gasteiger charge is 2.32. The maximum absolute atomic E-state index is 3.73. The lowest BCUT2D eigenvalue weighted by atomic mass is 9.68. The summed E-state index contributed by atoms with van der Waals surface area (Å²) in [4.78, 5) is 0. The van der Waals surface area contributed by atoms with Gasteiger partial charge >= 0.3 is 0 Å². The van der Waals surface area contributed by atoms with E-state index >= 15 is 0 Å². The summed E-state index contributed by atoms with van der Waals surface area (Å²) in [5.41, 5.74) is 0. The molecule has 4 unspecified atom stereocenters. The number of rotatable bonds is 9. The predicted molar refractivity (Wildman–Crippen MR) is 95.6 cm³/mol. The second-order valence-electron chi connectivity index (χ2n) is 8.52. The van der Waals surface area contributed by atoms with Crippen LogP contribution in [-0.2, 0) is 0 Å². The molecule has 0 radical (unpaired) electrons. The molecule has 1 heteroatoms. The van der Waals surface area contributed by atoms with Gasteiger partial charge in [0.1, 0.15) is 0 Å². The largest absolute Gasteiger partial charge is 0.316 e. The quantitative estimate of drug-likeness (QED) is 0.571. The second-order valence-corrected chi connectivity index (χ2v) is 8.52. The lowest BCUT2D eigenvalue weighted by molar-refractivity contribution is 0.123. The highest BCUT2D eigenvalue weighted by Crippen LogP contribution is 2.40. The fourth-order valence-electron chi connectivity index (χ4n) is 4.21. The zero-order valence-corrected chi connectivity index (χ0v) is 15.6. The Labute approximate surface area is 134 Å². The zero-order chi connectivity index (χ0) is 15.8. The molecule has 1 aliphatic carbocycles. The van der Waals surface area contributed by atoms with Gasteiger partial charge in [0, 0.05) is 0 Å². The molecule has 0 saturated heterocycles. The zero-order valence-electron chi connectivity index (χ0n) is 15.6. The van der Waals surface area contributed by atoms with Crippen molar-refractivity contribution in [2.24, 2.45) is 35.5 Å². The molecule has 1 nitrogen and oxygen atoms in total. The van der Waals surface area contributed by atoms with Crippen LogP contribution in [0.15, 0.2) is 0 Å². The van der Waals surface area contributed by atoms with Gasteiger partial charge in [-0.1, -0.05) is 54.4 Å². The number of nitrogens with one attached hydrogen (secondary N) is 1. The minimum Gasteiger partial charge on any atom is -0.316 e. The molecular weight excluding hydrogens is 254 g/mol. The molecule has 1 aliphatic rings. The minimum absolute atomic E-state index is 0.773. The van der Waals surface area contributed by atoms with E-state index in [4.69, 9.17) is 0 Å². The molecule has 0 aromatic carbocycles. The first-order valence-corrected chi connectivity index (χ1v) is 9.64. The van der Waals surface area contributed by atoms with Gasteiger partial charge in [-0.05, 0) is 74.3 Å². The average molecular weight is 296 g/mol. The summed E-state index contributed by atoms with van der Waals surface area (Å²) in [7, 11) is 0. The van der Waals surface area contributed by atoms with Gasteiger partial charge in [-0.3, -0.25) is 0 Å². The summed E-state index contributed by atoms with van der Waals surface area (Å²) in [5.74, 6) is 5.43. The molecule has 1 rings (SSSR count). The van der Waals surface area contributed by atoms with Crippen molar-refractivity contribution in [3.05, 3.63) is 0 Å². The Morgan fingerprint density at radius 1 is 1.00 bits per heavy atom. The van der Waals surface area contributed by atoms with Crippen molar-refractivity contribution >= 4 is 0 Å². The third-order valence-electron chi connectivity index (χ3n) is 5.57. The fraction of sp³-hybridized carbons (Fsp3) is 1.00. The van der Waals surface area contributed by atoms with E-state index in [0.717, 1.165) is 35.5 Å². The summed E-state index contributed by atoms with van der Waals surface area (Å²) in [6.07, 6.45) is 8.62. The van der Waals surface area contributed by atoms with Gasteiger partial charge in [0.2, 0.25) is 0 Å². The molecule has 1 N–H and O–H groups in total. The van der Waals surface area contributed by atoms with Gasteiger partial charge in [0.25, 0.3) is 0 Å². The van der Waals surface area contributed by atoms with Crippen molar-refractivity contribution in [1.29, 1.82) is 0 Å². The number of hydrogen-bond donors (Lipinski definition) is 1. The molecule has 0 aromatic rings. The van der Waals surface area contributed by atoms with Gasteiger partial charge in [-0.15, -0.1) is 0 Å². The van der Waals surface area contributed by atoms with Crippen LogP contribution in [0.4, 0.5) is 0 Å². The predicted octanol–water partition coefficient (Wildman–Crippen LogP) is 5.75. The first kappa shape index (κ1) is 19.0. The highest BCUT2D eigenvalue weighted by molar-refractivity contribution is 4.84. The van der Waals surface area contributed by atoms with Crippen molar-refractivity contribution in [3.8, 4) is 0 Å². The van der Waals surface area contributed by atoms with Gasteiger partial charge in [-0.2, -0.15) is 0 Å². The third kappa shape index (κ3) is 7.17. The fourth-order valence-corrected chi connectivity index (χ4v) is 4.21. The van der Waals surface area contributed by atoms with E-state index in [1.54, 1.807) is 0 Å². The van der Waals surface area contributed by atoms with E-state index in [9.17, 15) is 0 Å².